The van der Waals surface area contributed by atoms with Gasteiger partial charge in [-0.25, -0.2) is 0 Å². The van der Waals surface area contributed by atoms with E-state index in [9.17, 15) is 10.1 Å². The average molecular weight is 244 g/mol. The third kappa shape index (κ3) is 4.25. The van der Waals surface area contributed by atoms with E-state index >= 15 is 0 Å². The molecule has 0 saturated heterocycles. The fraction of sp³-hybridized carbons (Fsp3) is 0.143. The first kappa shape index (κ1) is 13.7. The number of nitro benzene ring substituents is 1. The third-order valence-electron chi connectivity index (χ3n) is 2.53. The summed E-state index contributed by atoms with van der Waals surface area (Å²) in [5, 5.41) is 10.1. The largest absolute Gasteiger partial charge is 0.399 e. The highest BCUT2D eigenvalue weighted by Crippen LogP contribution is 2.12. The van der Waals surface area contributed by atoms with E-state index in [1.807, 2.05) is 0 Å². The molecule has 0 saturated carbocycles. The Morgan fingerprint density at radius 3 is 1.72 bits per heavy atom. The lowest BCUT2D eigenvalue weighted by atomic mass is 10.1. The molecule has 2 aromatic carbocycles. The van der Waals surface area contributed by atoms with E-state index in [4.69, 9.17) is 5.73 Å². The number of non-ortho nitro benzene ring substituents is 1. The summed E-state index contributed by atoms with van der Waals surface area (Å²) < 4.78 is 0. The second kappa shape index (κ2) is 6.39. The van der Waals surface area contributed by atoms with Crippen molar-refractivity contribution in [3.63, 3.8) is 0 Å². The maximum Gasteiger partial charge on any atom is 0.269 e. The third-order valence-corrected chi connectivity index (χ3v) is 2.53. The minimum Gasteiger partial charge on any atom is -0.399 e. The molecule has 4 heteroatoms. The van der Waals surface area contributed by atoms with Crippen LogP contribution < -0.4 is 5.73 Å². The minimum atomic E-state index is -0.459. The number of nitro groups is 1. The van der Waals surface area contributed by atoms with Crippen molar-refractivity contribution < 1.29 is 4.92 Å². The molecule has 0 spiro atoms. The van der Waals surface area contributed by atoms with Crippen LogP contribution in [-0.4, -0.2) is 4.92 Å². The standard InChI is InChI=1S/C8H10.C6H6N2O2/c1-7-5-3-4-6-8(7)2;7-5-1-3-6(4-2-5)8(9)10/h3-6H,1-2H3;1-4H,7H2. The number of nitrogens with zero attached hydrogens (tertiary/aromatic N) is 1. The summed E-state index contributed by atoms with van der Waals surface area (Å²) in [6.45, 7) is 4.24. The Labute approximate surface area is 106 Å². The molecule has 0 bridgehead atoms. The molecule has 0 radical (unpaired) electrons. The minimum absolute atomic E-state index is 0.0641. The van der Waals surface area contributed by atoms with Crippen LogP contribution in [0.4, 0.5) is 11.4 Å². The average Bonchev–Trinajstić information content (AvgIpc) is 2.34. The van der Waals surface area contributed by atoms with Gasteiger partial charge in [-0.05, 0) is 37.1 Å². The number of rotatable bonds is 1. The summed E-state index contributed by atoms with van der Waals surface area (Å²) in [6, 6.07) is 14.1. The SMILES string of the molecule is Cc1ccccc1C.Nc1ccc([N+](=O)[O-])cc1. The summed E-state index contributed by atoms with van der Waals surface area (Å²) in [4.78, 5) is 9.62. The molecule has 0 aliphatic rings. The Morgan fingerprint density at radius 1 is 0.944 bits per heavy atom. The molecule has 2 aromatic rings. The highest BCUT2D eigenvalue weighted by Gasteiger charge is 2.00. The molecule has 0 atom stereocenters. The van der Waals surface area contributed by atoms with Crippen molar-refractivity contribution in [3.8, 4) is 0 Å². The van der Waals surface area contributed by atoms with Gasteiger partial charge >= 0.3 is 0 Å². The van der Waals surface area contributed by atoms with Crippen LogP contribution in [-0.2, 0) is 0 Å². The number of aryl methyl sites for hydroxylation is 2. The van der Waals surface area contributed by atoms with Gasteiger partial charge in [0.25, 0.3) is 5.69 Å². The first-order valence-corrected chi connectivity index (χ1v) is 5.53. The highest BCUT2D eigenvalue weighted by molar-refractivity contribution is 5.44. The molecule has 0 heterocycles. The normalized spacial score (nSPS) is 9.22. The summed E-state index contributed by atoms with van der Waals surface area (Å²) in [5.74, 6) is 0. The lowest BCUT2D eigenvalue weighted by Gasteiger charge is -1.93. The molecule has 0 aliphatic heterocycles. The lowest BCUT2D eigenvalue weighted by Crippen LogP contribution is -1.88. The first-order valence-electron chi connectivity index (χ1n) is 5.53. The van der Waals surface area contributed by atoms with Gasteiger partial charge in [0.2, 0.25) is 0 Å². The second-order valence-corrected chi connectivity index (χ2v) is 3.93. The summed E-state index contributed by atoms with van der Waals surface area (Å²) in [5.41, 5.74) is 8.64. The molecule has 0 unspecified atom stereocenters. The van der Waals surface area contributed by atoms with Crippen molar-refractivity contribution in [2.75, 3.05) is 5.73 Å². The zero-order chi connectivity index (χ0) is 13.5. The molecule has 0 aliphatic carbocycles. The van der Waals surface area contributed by atoms with E-state index in [2.05, 4.69) is 38.1 Å². The summed E-state index contributed by atoms with van der Waals surface area (Å²) >= 11 is 0. The number of nitrogens with two attached hydrogens (primary N) is 1. The fourth-order valence-corrected chi connectivity index (χ4v) is 1.26. The van der Waals surface area contributed by atoms with Crippen LogP contribution in [0.15, 0.2) is 48.5 Å². The zero-order valence-electron chi connectivity index (χ0n) is 10.5. The topological polar surface area (TPSA) is 69.2 Å². The summed E-state index contributed by atoms with van der Waals surface area (Å²) in [7, 11) is 0. The van der Waals surface area contributed by atoms with Crippen molar-refractivity contribution >= 4 is 11.4 Å². The Kier molecular flexibility index (Phi) is 4.87. The van der Waals surface area contributed by atoms with Crippen molar-refractivity contribution in [3.05, 3.63) is 69.8 Å². The predicted octanol–water partition coefficient (Wildman–Crippen LogP) is 3.48. The molecule has 2 rings (SSSR count). The fourth-order valence-electron chi connectivity index (χ4n) is 1.26. The quantitative estimate of drug-likeness (QED) is 0.474. The van der Waals surface area contributed by atoms with Crippen LogP contribution in [0.25, 0.3) is 0 Å². The molecule has 0 fully saturated rings. The van der Waals surface area contributed by atoms with Crippen molar-refractivity contribution in [1.82, 2.24) is 0 Å². The Bertz CT molecular complexity index is 501. The number of benzene rings is 2. The zero-order valence-corrected chi connectivity index (χ0v) is 10.5. The van der Waals surface area contributed by atoms with Gasteiger partial charge in [0, 0.05) is 17.8 Å². The van der Waals surface area contributed by atoms with Gasteiger partial charge < -0.3 is 5.73 Å². The molecular formula is C14H16N2O2. The molecule has 0 aromatic heterocycles. The van der Waals surface area contributed by atoms with Gasteiger partial charge in [-0.3, -0.25) is 10.1 Å². The van der Waals surface area contributed by atoms with E-state index in [1.165, 1.54) is 35.4 Å². The summed E-state index contributed by atoms with van der Waals surface area (Å²) in [6.07, 6.45) is 0. The first-order chi connectivity index (χ1) is 8.50. The number of hydrogen-bond acceptors (Lipinski definition) is 3. The van der Waals surface area contributed by atoms with Crippen LogP contribution in [0.5, 0.6) is 0 Å². The van der Waals surface area contributed by atoms with E-state index < -0.39 is 4.92 Å². The van der Waals surface area contributed by atoms with Crippen LogP contribution in [0.1, 0.15) is 11.1 Å². The molecule has 0 amide bonds. The van der Waals surface area contributed by atoms with Crippen LogP contribution >= 0.6 is 0 Å². The molecule has 2 N–H and O–H groups in total. The molecule has 18 heavy (non-hydrogen) atoms. The van der Waals surface area contributed by atoms with Gasteiger partial charge in [0.05, 0.1) is 4.92 Å². The molecule has 94 valence electrons. The van der Waals surface area contributed by atoms with Gasteiger partial charge in [-0.2, -0.15) is 0 Å². The maximum atomic E-state index is 10.1. The van der Waals surface area contributed by atoms with E-state index in [1.54, 1.807) is 0 Å². The van der Waals surface area contributed by atoms with Crippen LogP contribution in [0.2, 0.25) is 0 Å². The monoisotopic (exact) mass is 244 g/mol. The number of nitrogen functional groups attached to an aromatic ring is 1. The van der Waals surface area contributed by atoms with E-state index in [-0.39, 0.29) is 5.69 Å². The van der Waals surface area contributed by atoms with Gasteiger partial charge in [-0.1, -0.05) is 24.3 Å². The van der Waals surface area contributed by atoms with Gasteiger partial charge in [0.15, 0.2) is 0 Å². The van der Waals surface area contributed by atoms with Crippen molar-refractivity contribution in [2.45, 2.75) is 13.8 Å². The smallest absolute Gasteiger partial charge is 0.269 e. The van der Waals surface area contributed by atoms with Crippen molar-refractivity contribution in [1.29, 1.82) is 0 Å². The molecular weight excluding hydrogens is 228 g/mol. The molecule has 4 nitrogen and oxygen atoms in total. The Hall–Kier alpha value is -2.36. The van der Waals surface area contributed by atoms with Gasteiger partial charge in [-0.15, -0.1) is 0 Å². The van der Waals surface area contributed by atoms with Crippen LogP contribution in [0, 0.1) is 24.0 Å². The van der Waals surface area contributed by atoms with Crippen molar-refractivity contribution in [2.24, 2.45) is 0 Å². The van der Waals surface area contributed by atoms with Crippen LogP contribution in [0.3, 0.4) is 0 Å². The predicted molar refractivity (Wildman–Crippen MR) is 73.4 cm³/mol. The van der Waals surface area contributed by atoms with E-state index in [0.29, 0.717) is 5.69 Å². The highest BCUT2D eigenvalue weighted by atomic mass is 16.6. The van der Waals surface area contributed by atoms with Gasteiger partial charge in [0.1, 0.15) is 0 Å². The Morgan fingerprint density at radius 2 is 1.39 bits per heavy atom. The Balaban J connectivity index is 0.000000184. The van der Waals surface area contributed by atoms with E-state index in [0.717, 1.165) is 0 Å². The maximum absolute atomic E-state index is 10.1. The number of hydrogen-bond donors (Lipinski definition) is 1. The second-order valence-electron chi connectivity index (χ2n) is 3.93. The lowest BCUT2D eigenvalue weighted by molar-refractivity contribution is -0.384. The number of anilines is 1.